The highest BCUT2D eigenvalue weighted by molar-refractivity contribution is 5.85. The molecule has 0 fully saturated rings. The fraction of sp³-hybridized carbons (Fsp3) is 0.0857. The van der Waals surface area contributed by atoms with Gasteiger partial charge in [-0.15, -0.1) is 0 Å². The average Bonchev–Trinajstić information content (AvgIpc) is 3.47. The molecule has 6 aromatic rings. The predicted molar refractivity (Wildman–Crippen MR) is 154 cm³/mol. The van der Waals surface area contributed by atoms with Crippen LogP contribution in [0.15, 0.2) is 126 Å². The summed E-state index contributed by atoms with van der Waals surface area (Å²) >= 11 is 0. The highest BCUT2D eigenvalue weighted by Gasteiger charge is 2.35. The normalized spacial score (nSPS) is 13.4. The van der Waals surface area contributed by atoms with Crippen LogP contribution in [-0.2, 0) is 5.41 Å². The van der Waals surface area contributed by atoms with Gasteiger partial charge in [0.2, 0.25) is 0 Å². The number of fused-ring (bicyclic) bond motifs is 4. The van der Waals surface area contributed by atoms with Crippen LogP contribution < -0.4 is 5.32 Å². The number of anilines is 2. The number of nitrogens with one attached hydrogen (secondary N) is 1. The van der Waals surface area contributed by atoms with Crippen LogP contribution in [0.2, 0.25) is 0 Å². The number of para-hydroxylation sites is 1. The molecule has 1 aromatic heterocycles. The molecule has 1 N–H and O–H groups in total. The van der Waals surface area contributed by atoms with Gasteiger partial charge in [-0.3, -0.25) is 0 Å². The van der Waals surface area contributed by atoms with Crippen molar-refractivity contribution in [1.29, 1.82) is 0 Å². The largest absolute Gasteiger partial charge is 0.456 e. The number of furan rings is 1. The van der Waals surface area contributed by atoms with E-state index >= 15 is 0 Å². The summed E-state index contributed by atoms with van der Waals surface area (Å²) in [6.07, 6.45) is 0. The molecule has 2 nitrogen and oxygen atoms in total. The summed E-state index contributed by atoms with van der Waals surface area (Å²) in [6, 6.07) is 42.9. The lowest BCUT2D eigenvalue weighted by atomic mass is 9.82. The molecule has 0 saturated heterocycles. The molecule has 0 unspecified atom stereocenters. The van der Waals surface area contributed by atoms with Gasteiger partial charge in [-0.1, -0.05) is 92.7 Å². The van der Waals surface area contributed by atoms with Gasteiger partial charge in [0.25, 0.3) is 0 Å². The molecule has 1 heterocycles. The highest BCUT2D eigenvalue weighted by Crippen LogP contribution is 2.49. The molecule has 0 radical (unpaired) electrons. The molecule has 0 aliphatic heterocycles. The van der Waals surface area contributed by atoms with Crippen LogP contribution >= 0.6 is 0 Å². The van der Waals surface area contributed by atoms with E-state index in [9.17, 15) is 0 Å². The van der Waals surface area contributed by atoms with Gasteiger partial charge in [-0.2, -0.15) is 0 Å². The van der Waals surface area contributed by atoms with E-state index < -0.39 is 0 Å². The van der Waals surface area contributed by atoms with Crippen molar-refractivity contribution < 1.29 is 4.42 Å². The second-order valence-corrected chi connectivity index (χ2v) is 10.4. The zero-order valence-corrected chi connectivity index (χ0v) is 21.0. The van der Waals surface area contributed by atoms with Gasteiger partial charge in [0.15, 0.2) is 0 Å². The predicted octanol–water partition coefficient (Wildman–Crippen LogP) is 9.82. The maximum atomic E-state index is 6.09. The summed E-state index contributed by atoms with van der Waals surface area (Å²) in [5, 5.41) is 4.74. The number of benzene rings is 5. The van der Waals surface area contributed by atoms with Crippen LogP contribution in [0.4, 0.5) is 11.4 Å². The molecule has 37 heavy (non-hydrogen) atoms. The van der Waals surface area contributed by atoms with E-state index in [1.807, 2.05) is 18.2 Å². The average molecular weight is 478 g/mol. The molecule has 5 aromatic carbocycles. The zero-order valence-electron chi connectivity index (χ0n) is 21.0. The van der Waals surface area contributed by atoms with Crippen LogP contribution in [0.3, 0.4) is 0 Å². The maximum absolute atomic E-state index is 6.09. The molecule has 0 amide bonds. The van der Waals surface area contributed by atoms with E-state index in [0.29, 0.717) is 0 Å². The Labute approximate surface area is 217 Å². The lowest BCUT2D eigenvalue weighted by Crippen LogP contribution is -2.15. The van der Waals surface area contributed by atoms with Gasteiger partial charge in [-0.05, 0) is 75.8 Å². The summed E-state index contributed by atoms with van der Waals surface area (Å²) in [5.74, 6) is 0.892. The Kier molecular flexibility index (Phi) is 4.84. The maximum Gasteiger partial charge on any atom is 0.135 e. The van der Waals surface area contributed by atoms with Crippen LogP contribution in [0.25, 0.3) is 44.5 Å². The first kappa shape index (κ1) is 21.7. The molecular formula is C35H27NO. The van der Waals surface area contributed by atoms with Gasteiger partial charge < -0.3 is 9.73 Å². The summed E-state index contributed by atoms with van der Waals surface area (Å²) in [4.78, 5) is 0. The smallest absolute Gasteiger partial charge is 0.135 e. The van der Waals surface area contributed by atoms with Crippen molar-refractivity contribution in [3.8, 4) is 33.6 Å². The van der Waals surface area contributed by atoms with E-state index in [2.05, 4.69) is 122 Å². The molecule has 2 heteroatoms. The molecule has 0 spiro atoms. The van der Waals surface area contributed by atoms with Gasteiger partial charge in [-0.25, -0.2) is 0 Å². The van der Waals surface area contributed by atoms with Crippen molar-refractivity contribution in [3.63, 3.8) is 0 Å². The van der Waals surface area contributed by atoms with E-state index in [0.717, 1.165) is 33.7 Å². The fourth-order valence-corrected chi connectivity index (χ4v) is 5.67. The quantitative estimate of drug-likeness (QED) is 0.273. The van der Waals surface area contributed by atoms with E-state index in [4.69, 9.17) is 4.42 Å². The summed E-state index contributed by atoms with van der Waals surface area (Å²) in [5.41, 5.74) is 12.0. The van der Waals surface area contributed by atoms with Crippen molar-refractivity contribution in [3.05, 3.63) is 132 Å². The minimum atomic E-state index is -0.00166. The van der Waals surface area contributed by atoms with Crippen molar-refractivity contribution in [1.82, 2.24) is 0 Å². The summed E-state index contributed by atoms with van der Waals surface area (Å²) < 4.78 is 6.09. The van der Waals surface area contributed by atoms with E-state index in [1.165, 1.54) is 33.4 Å². The Hall–Kier alpha value is -4.56. The molecule has 178 valence electrons. The van der Waals surface area contributed by atoms with Gasteiger partial charge >= 0.3 is 0 Å². The fourth-order valence-electron chi connectivity index (χ4n) is 5.67. The topological polar surface area (TPSA) is 25.2 Å². The first-order valence-corrected chi connectivity index (χ1v) is 12.8. The lowest BCUT2D eigenvalue weighted by Gasteiger charge is -2.22. The Morgan fingerprint density at radius 3 is 2.14 bits per heavy atom. The Bertz CT molecular complexity index is 1740. The molecular weight excluding hydrogens is 450 g/mol. The molecule has 7 rings (SSSR count). The molecule has 0 atom stereocenters. The van der Waals surface area contributed by atoms with Crippen LogP contribution in [0.1, 0.15) is 25.0 Å². The van der Waals surface area contributed by atoms with E-state index in [1.54, 1.807) is 0 Å². The van der Waals surface area contributed by atoms with Crippen molar-refractivity contribution in [2.75, 3.05) is 5.32 Å². The van der Waals surface area contributed by atoms with Gasteiger partial charge in [0.05, 0.1) is 0 Å². The second kappa shape index (κ2) is 8.25. The second-order valence-electron chi connectivity index (χ2n) is 10.4. The third-order valence-electron chi connectivity index (χ3n) is 7.66. The third-order valence-corrected chi connectivity index (χ3v) is 7.66. The van der Waals surface area contributed by atoms with Crippen LogP contribution in [0, 0.1) is 0 Å². The summed E-state index contributed by atoms with van der Waals surface area (Å²) in [7, 11) is 0. The number of hydrogen-bond acceptors (Lipinski definition) is 2. The first-order chi connectivity index (χ1) is 18.1. The molecule has 1 aliphatic rings. The molecule has 0 bridgehead atoms. The zero-order chi connectivity index (χ0) is 25.0. The van der Waals surface area contributed by atoms with Crippen LogP contribution in [0.5, 0.6) is 0 Å². The minimum Gasteiger partial charge on any atom is -0.456 e. The van der Waals surface area contributed by atoms with Crippen molar-refractivity contribution in [2.45, 2.75) is 19.3 Å². The van der Waals surface area contributed by atoms with E-state index in [-0.39, 0.29) is 5.41 Å². The Morgan fingerprint density at radius 2 is 1.27 bits per heavy atom. The van der Waals surface area contributed by atoms with Crippen LogP contribution in [-0.4, -0.2) is 0 Å². The number of rotatable bonds is 4. The molecule has 0 saturated carbocycles. The van der Waals surface area contributed by atoms with Gasteiger partial charge in [0, 0.05) is 27.7 Å². The third kappa shape index (κ3) is 3.65. The van der Waals surface area contributed by atoms with Crippen molar-refractivity contribution in [2.24, 2.45) is 0 Å². The molecule has 1 aliphatic carbocycles. The standard InChI is InChI=1S/C35H27NO/c1-35(2)31-12-5-4-11-29(31)30-19-18-28(22-32(30)35)36-27-16-14-23(15-17-27)24-9-7-10-25(20-24)34-21-26-8-3-6-13-33(26)37-34/h3-22,36H,1-2H3. The number of hydrogen-bond donors (Lipinski definition) is 1. The lowest BCUT2D eigenvalue weighted by molar-refractivity contribution is 0.631. The van der Waals surface area contributed by atoms with Crippen molar-refractivity contribution >= 4 is 22.3 Å². The van der Waals surface area contributed by atoms with Gasteiger partial charge in [0.1, 0.15) is 11.3 Å². The Morgan fingerprint density at radius 1 is 0.541 bits per heavy atom. The highest BCUT2D eigenvalue weighted by atomic mass is 16.3. The SMILES string of the molecule is CC1(C)c2ccccc2-c2ccc(Nc3ccc(-c4cccc(-c5cc6ccccc6o5)c4)cc3)cc21. The minimum absolute atomic E-state index is 0.00166. The first-order valence-electron chi connectivity index (χ1n) is 12.8. The monoisotopic (exact) mass is 477 g/mol. The Balaban J connectivity index is 1.14. The summed E-state index contributed by atoms with van der Waals surface area (Å²) in [6.45, 7) is 4.63.